The summed E-state index contributed by atoms with van der Waals surface area (Å²) >= 11 is 3.15. The lowest BCUT2D eigenvalue weighted by Crippen LogP contribution is -2.12. The fourth-order valence-corrected chi connectivity index (χ4v) is 1.92. The molecular formula is C10H8BrFN6O2. The molecule has 0 bridgehead atoms. The van der Waals surface area contributed by atoms with Crippen LogP contribution in [0.3, 0.4) is 0 Å². The highest BCUT2D eigenvalue weighted by Crippen LogP contribution is 2.33. The van der Waals surface area contributed by atoms with Gasteiger partial charge in [0.2, 0.25) is 11.6 Å². The molecule has 1 aromatic carbocycles. The fraction of sp³-hybridized carbons (Fsp3) is 0. The molecule has 0 atom stereocenters. The first-order valence-electron chi connectivity index (χ1n) is 5.21. The number of rotatable bonds is 4. The lowest BCUT2D eigenvalue weighted by atomic mass is 10.3. The summed E-state index contributed by atoms with van der Waals surface area (Å²) in [6, 6.07) is 3.85. The minimum Gasteiger partial charge on any atom is -0.333 e. The Kier molecular flexibility index (Phi) is 4.05. The molecule has 20 heavy (non-hydrogen) atoms. The van der Waals surface area contributed by atoms with Crippen LogP contribution < -0.4 is 16.6 Å². The second kappa shape index (κ2) is 5.75. The van der Waals surface area contributed by atoms with Crippen molar-refractivity contribution in [2.45, 2.75) is 0 Å². The number of nitrogen functional groups attached to an aromatic ring is 1. The van der Waals surface area contributed by atoms with Crippen LogP contribution in [0.1, 0.15) is 0 Å². The van der Waals surface area contributed by atoms with E-state index in [-0.39, 0.29) is 11.6 Å². The summed E-state index contributed by atoms with van der Waals surface area (Å²) in [6.45, 7) is 0. The van der Waals surface area contributed by atoms with Crippen LogP contribution in [-0.4, -0.2) is 14.9 Å². The maximum Gasteiger partial charge on any atom is 0.354 e. The predicted octanol–water partition coefficient (Wildman–Crippen LogP) is 2.32. The minimum absolute atomic E-state index is 0.0646. The Hall–Kier alpha value is -2.33. The number of hydrogen-bond acceptors (Lipinski definition) is 7. The van der Waals surface area contributed by atoms with Crippen LogP contribution in [-0.2, 0) is 0 Å². The van der Waals surface area contributed by atoms with Gasteiger partial charge in [-0.1, -0.05) is 0 Å². The highest BCUT2D eigenvalue weighted by atomic mass is 79.9. The summed E-state index contributed by atoms with van der Waals surface area (Å²) in [5.74, 6) is 4.53. The predicted molar refractivity (Wildman–Crippen MR) is 73.9 cm³/mol. The van der Waals surface area contributed by atoms with Gasteiger partial charge in [-0.3, -0.25) is 10.1 Å². The highest BCUT2D eigenvalue weighted by molar-refractivity contribution is 9.10. The standard InChI is InChI=1S/C10H8BrFN6O2/c11-6-3-5(12)1-2-7(6)16-9-8(18(19)20)10(17-13)15-4-14-9/h1-4H,13H2,(H2,14,15,16,17). The van der Waals surface area contributed by atoms with E-state index in [9.17, 15) is 14.5 Å². The van der Waals surface area contributed by atoms with Crippen molar-refractivity contribution in [3.63, 3.8) is 0 Å². The van der Waals surface area contributed by atoms with Gasteiger partial charge in [0.05, 0.1) is 10.6 Å². The van der Waals surface area contributed by atoms with Crippen molar-refractivity contribution in [2.24, 2.45) is 5.84 Å². The fourth-order valence-electron chi connectivity index (χ4n) is 1.47. The van der Waals surface area contributed by atoms with E-state index >= 15 is 0 Å². The van der Waals surface area contributed by atoms with Gasteiger partial charge in [0.1, 0.15) is 12.1 Å². The van der Waals surface area contributed by atoms with Crippen LogP contribution in [0.2, 0.25) is 0 Å². The maximum absolute atomic E-state index is 13.0. The van der Waals surface area contributed by atoms with Crippen molar-refractivity contribution in [1.82, 2.24) is 9.97 Å². The third-order valence-electron chi connectivity index (χ3n) is 2.33. The van der Waals surface area contributed by atoms with Gasteiger partial charge in [-0.2, -0.15) is 0 Å². The third kappa shape index (κ3) is 2.81. The molecule has 10 heteroatoms. The molecule has 1 aromatic heterocycles. The van der Waals surface area contributed by atoms with Crippen molar-refractivity contribution < 1.29 is 9.31 Å². The summed E-state index contributed by atoms with van der Waals surface area (Å²) in [7, 11) is 0. The summed E-state index contributed by atoms with van der Waals surface area (Å²) in [5.41, 5.74) is 2.12. The quantitative estimate of drug-likeness (QED) is 0.443. The number of aromatic nitrogens is 2. The zero-order chi connectivity index (χ0) is 14.7. The van der Waals surface area contributed by atoms with E-state index in [1.54, 1.807) is 0 Å². The van der Waals surface area contributed by atoms with Crippen molar-refractivity contribution >= 4 is 38.9 Å². The molecule has 0 amide bonds. The van der Waals surface area contributed by atoms with Crippen LogP contribution in [0, 0.1) is 15.9 Å². The first-order chi connectivity index (χ1) is 9.52. The molecular weight excluding hydrogens is 335 g/mol. The van der Waals surface area contributed by atoms with E-state index in [4.69, 9.17) is 5.84 Å². The van der Waals surface area contributed by atoms with E-state index in [0.29, 0.717) is 10.2 Å². The van der Waals surface area contributed by atoms with Gasteiger partial charge < -0.3 is 10.7 Å². The normalized spacial score (nSPS) is 10.2. The Morgan fingerprint density at radius 3 is 2.65 bits per heavy atom. The average Bonchev–Trinajstić information content (AvgIpc) is 2.41. The monoisotopic (exact) mass is 342 g/mol. The van der Waals surface area contributed by atoms with Gasteiger partial charge in [0.25, 0.3) is 0 Å². The Balaban J connectivity index is 2.45. The van der Waals surface area contributed by atoms with Crippen LogP contribution in [0.4, 0.5) is 27.4 Å². The first-order valence-corrected chi connectivity index (χ1v) is 6.00. The van der Waals surface area contributed by atoms with Gasteiger partial charge in [0.15, 0.2) is 0 Å². The molecule has 0 radical (unpaired) electrons. The van der Waals surface area contributed by atoms with Gasteiger partial charge in [-0.05, 0) is 34.1 Å². The molecule has 104 valence electrons. The van der Waals surface area contributed by atoms with Crippen LogP contribution in [0.15, 0.2) is 29.0 Å². The number of nitro groups is 1. The van der Waals surface area contributed by atoms with E-state index < -0.39 is 16.4 Å². The molecule has 2 aromatic rings. The number of nitrogens with two attached hydrogens (primary N) is 1. The van der Waals surface area contributed by atoms with Crippen LogP contribution >= 0.6 is 15.9 Å². The number of hydrazine groups is 1. The topological polar surface area (TPSA) is 119 Å². The molecule has 4 N–H and O–H groups in total. The smallest absolute Gasteiger partial charge is 0.333 e. The number of nitrogens with zero attached hydrogens (tertiary/aromatic N) is 3. The molecule has 0 aliphatic carbocycles. The van der Waals surface area contributed by atoms with E-state index in [2.05, 4.69) is 36.6 Å². The van der Waals surface area contributed by atoms with Crippen molar-refractivity contribution in [3.05, 3.63) is 44.9 Å². The summed E-state index contributed by atoms with van der Waals surface area (Å²) in [4.78, 5) is 17.8. The first kappa shape index (κ1) is 14.1. The zero-order valence-corrected chi connectivity index (χ0v) is 11.4. The lowest BCUT2D eigenvalue weighted by Gasteiger charge is -2.09. The second-order valence-electron chi connectivity index (χ2n) is 3.57. The van der Waals surface area contributed by atoms with E-state index in [0.717, 1.165) is 6.33 Å². The molecule has 0 spiro atoms. The molecule has 0 saturated heterocycles. The Labute approximate surface area is 120 Å². The van der Waals surface area contributed by atoms with Crippen molar-refractivity contribution in [2.75, 3.05) is 10.7 Å². The number of halogens is 2. The Bertz CT molecular complexity index is 668. The van der Waals surface area contributed by atoms with Crippen molar-refractivity contribution in [1.29, 1.82) is 0 Å². The molecule has 0 saturated carbocycles. The largest absolute Gasteiger partial charge is 0.354 e. The maximum atomic E-state index is 13.0. The summed E-state index contributed by atoms with van der Waals surface area (Å²) in [5, 5.41) is 13.8. The minimum atomic E-state index is -0.672. The number of benzene rings is 1. The Morgan fingerprint density at radius 2 is 2.05 bits per heavy atom. The molecule has 0 aliphatic rings. The molecule has 8 nitrogen and oxygen atoms in total. The van der Waals surface area contributed by atoms with Gasteiger partial charge >= 0.3 is 5.69 Å². The SMILES string of the molecule is NNc1ncnc(Nc2ccc(F)cc2Br)c1[N+](=O)[O-]. The highest BCUT2D eigenvalue weighted by Gasteiger charge is 2.22. The van der Waals surface area contributed by atoms with Gasteiger partial charge in [-0.25, -0.2) is 20.2 Å². The third-order valence-corrected chi connectivity index (χ3v) is 2.98. The number of hydrogen-bond donors (Lipinski definition) is 3. The molecule has 2 rings (SSSR count). The van der Waals surface area contributed by atoms with Crippen LogP contribution in [0.5, 0.6) is 0 Å². The second-order valence-corrected chi connectivity index (χ2v) is 4.42. The molecule has 1 heterocycles. The number of anilines is 3. The Morgan fingerprint density at radius 1 is 1.35 bits per heavy atom. The number of nitrogens with one attached hydrogen (secondary N) is 2. The zero-order valence-electron chi connectivity index (χ0n) is 9.80. The summed E-state index contributed by atoms with van der Waals surface area (Å²) < 4.78 is 13.4. The molecule has 0 fully saturated rings. The van der Waals surface area contributed by atoms with Gasteiger partial charge in [-0.15, -0.1) is 0 Å². The lowest BCUT2D eigenvalue weighted by molar-refractivity contribution is -0.383. The molecule has 0 aliphatic heterocycles. The van der Waals surface area contributed by atoms with E-state index in [1.165, 1.54) is 18.2 Å². The molecule has 0 unspecified atom stereocenters. The van der Waals surface area contributed by atoms with Gasteiger partial charge in [0, 0.05) is 4.47 Å². The van der Waals surface area contributed by atoms with E-state index in [1.807, 2.05) is 0 Å². The summed E-state index contributed by atoms with van der Waals surface area (Å²) in [6.07, 6.45) is 1.11. The van der Waals surface area contributed by atoms with Crippen molar-refractivity contribution in [3.8, 4) is 0 Å². The average molecular weight is 343 g/mol. The van der Waals surface area contributed by atoms with Crippen LogP contribution in [0.25, 0.3) is 0 Å².